The lowest BCUT2D eigenvalue weighted by Crippen LogP contribution is -2.18. The van der Waals surface area contributed by atoms with Gasteiger partial charge in [0, 0.05) is 18.0 Å². The fourth-order valence-electron chi connectivity index (χ4n) is 2.67. The molecule has 3 nitrogen and oxygen atoms in total. The molecule has 1 fully saturated rings. The van der Waals surface area contributed by atoms with Crippen molar-refractivity contribution in [2.45, 2.75) is 32.2 Å². The monoisotopic (exact) mass is 287 g/mol. The second-order valence-corrected chi connectivity index (χ2v) is 6.20. The van der Waals surface area contributed by atoms with Crippen molar-refractivity contribution in [3.05, 3.63) is 40.7 Å². The highest BCUT2D eigenvalue weighted by Gasteiger charge is 2.14. The zero-order valence-corrected chi connectivity index (χ0v) is 12.7. The lowest BCUT2D eigenvalue weighted by Gasteiger charge is -2.19. The average Bonchev–Trinajstić information content (AvgIpc) is 3.18. The zero-order chi connectivity index (χ0) is 13.8. The molecule has 20 heavy (non-hydrogen) atoms. The normalized spacial score (nSPS) is 16.4. The van der Waals surface area contributed by atoms with Crippen LogP contribution in [0.5, 0.6) is 0 Å². The fraction of sp³-hybridized carbons (Fsp3) is 0.438. The van der Waals surface area contributed by atoms with Gasteiger partial charge in [-0.05, 0) is 42.8 Å². The highest BCUT2D eigenvalue weighted by Crippen LogP contribution is 2.27. The summed E-state index contributed by atoms with van der Waals surface area (Å²) in [6.45, 7) is 4.50. The molecule has 0 radical (unpaired) electrons. The molecule has 0 saturated carbocycles. The van der Waals surface area contributed by atoms with Crippen molar-refractivity contribution in [2.75, 3.05) is 23.3 Å². The summed E-state index contributed by atoms with van der Waals surface area (Å²) in [5, 5.41) is 5.71. The Labute approximate surface area is 124 Å². The van der Waals surface area contributed by atoms with Crippen molar-refractivity contribution in [1.82, 2.24) is 4.98 Å². The van der Waals surface area contributed by atoms with Gasteiger partial charge >= 0.3 is 0 Å². The molecule has 0 spiro atoms. The molecule has 0 amide bonds. The van der Waals surface area contributed by atoms with Crippen LogP contribution in [0.25, 0.3) is 0 Å². The Kier molecular flexibility index (Phi) is 4.21. The molecule has 4 heteroatoms. The number of aromatic nitrogens is 1. The molecule has 1 N–H and O–H groups in total. The Morgan fingerprint density at radius 1 is 1.30 bits per heavy atom. The SMILES string of the molecule is CCC(Nc1ccc(N2CCCC2)nc1)c1cccs1. The molecule has 0 aliphatic carbocycles. The summed E-state index contributed by atoms with van der Waals surface area (Å²) in [4.78, 5) is 8.34. The molecule has 3 rings (SSSR count). The maximum Gasteiger partial charge on any atom is 0.128 e. The van der Waals surface area contributed by atoms with Crippen molar-refractivity contribution < 1.29 is 0 Å². The lowest BCUT2D eigenvalue weighted by atomic mass is 10.2. The van der Waals surface area contributed by atoms with Crippen LogP contribution < -0.4 is 10.2 Å². The number of anilines is 2. The van der Waals surface area contributed by atoms with Crippen LogP contribution in [0.15, 0.2) is 35.8 Å². The molecule has 0 aromatic carbocycles. The summed E-state index contributed by atoms with van der Waals surface area (Å²) >= 11 is 1.81. The number of nitrogens with one attached hydrogen (secondary N) is 1. The van der Waals surface area contributed by atoms with Gasteiger partial charge in [-0.25, -0.2) is 4.98 Å². The number of rotatable bonds is 5. The fourth-order valence-corrected chi connectivity index (χ4v) is 3.53. The van der Waals surface area contributed by atoms with E-state index in [0.29, 0.717) is 6.04 Å². The van der Waals surface area contributed by atoms with E-state index >= 15 is 0 Å². The van der Waals surface area contributed by atoms with Gasteiger partial charge in [0.15, 0.2) is 0 Å². The van der Waals surface area contributed by atoms with Gasteiger partial charge in [0.05, 0.1) is 17.9 Å². The number of nitrogens with zero attached hydrogens (tertiary/aromatic N) is 2. The Bertz CT molecular complexity index is 515. The number of thiophene rings is 1. The van der Waals surface area contributed by atoms with Crippen molar-refractivity contribution in [2.24, 2.45) is 0 Å². The first-order valence-electron chi connectivity index (χ1n) is 7.38. The van der Waals surface area contributed by atoms with E-state index in [-0.39, 0.29) is 0 Å². The van der Waals surface area contributed by atoms with Gasteiger partial charge in [0.2, 0.25) is 0 Å². The maximum absolute atomic E-state index is 4.60. The van der Waals surface area contributed by atoms with Crippen molar-refractivity contribution >= 4 is 22.8 Å². The van der Waals surface area contributed by atoms with Crippen LogP contribution in [-0.4, -0.2) is 18.1 Å². The third-order valence-corrected chi connectivity index (χ3v) is 4.80. The molecular weight excluding hydrogens is 266 g/mol. The Balaban J connectivity index is 1.68. The summed E-state index contributed by atoms with van der Waals surface area (Å²) in [5.74, 6) is 1.11. The van der Waals surface area contributed by atoms with Gasteiger partial charge < -0.3 is 10.2 Å². The molecule has 2 aromatic heterocycles. The first kappa shape index (κ1) is 13.4. The van der Waals surface area contributed by atoms with E-state index < -0.39 is 0 Å². The number of hydrogen-bond acceptors (Lipinski definition) is 4. The predicted octanol–water partition coefficient (Wildman–Crippen LogP) is 4.31. The van der Waals surface area contributed by atoms with Crippen molar-refractivity contribution in [1.29, 1.82) is 0 Å². The van der Waals surface area contributed by atoms with Crippen LogP contribution >= 0.6 is 11.3 Å². The van der Waals surface area contributed by atoms with Crippen LogP contribution in [0.2, 0.25) is 0 Å². The summed E-state index contributed by atoms with van der Waals surface area (Å²) in [5.41, 5.74) is 1.10. The highest BCUT2D eigenvalue weighted by atomic mass is 32.1. The Morgan fingerprint density at radius 2 is 2.15 bits per heavy atom. The molecule has 106 valence electrons. The number of hydrogen-bond donors (Lipinski definition) is 1. The minimum atomic E-state index is 0.384. The summed E-state index contributed by atoms with van der Waals surface area (Å²) in [6, 6.07) is 8.97. The molecule has 3 heterocycles. The van der Waals surface area contributed by atoms with Crippen LogP contribution in [0.1, 0.15) is 37.1 Å². The minimum absolute atomic E-state index is 0.384. The zero-order valence-electron chi connectivity index (χ0n) is 11.9. The van der Waals surface area contributed by atoms with E-state index in [1.807, 2.05) is 17.5 Å². The third-order valence-electron chi connectivity index (χ3n) is 3.81. The molecule has 1 saturated heterocycles. The second-order valence-electron chi connectivity index (χ2n) is 5.22. The molecule has 1 atom stereocenters. The Morgan fingerprint density at radius 3 is 2.75 bits per heavy atom. The van der Waals surface area contributed by atoms with Gasteiger partial charge in [-0.15, -0.1) is 11.3 Å². The van der Waals surface area contributed by atoms with E-state index in [2.05, 4.69) is 51.8 Å². The van der Waals surface area contributed by atoms with Gasteiger partial charge in [0.25, 0.3) is 0 Å². The van der Waals surface area contributed by atoms with Gasteiger partial charge in [0.1, 0.15) is 5.82 Å². The van der Waals surface area contributed by atoms with E-state index in [4.69, 9.17) is 0 Å². The molecule has 1 aliphatic heterocycles. The van der Waals surface area contributed by atoms with E-state index in [9.17, 15) is 0 Å². The third kappa shape index (κ3) is 2.96. The minimum Gasteiger partial charge on any atom is -0.376 e. The van der Waals surface area contributed by atoms with Crippen LogP contribution in [0.3, 0.4) is 0 Å². The van der Waals surface area contributed by atoms with E-state index in [0.717, 1.165) is 31.0 Å². The van der Waals surface area contributed by atoms with Gasteiger partial charge in [-0.1, -0.05) is 13.0 Å². The van der Waals surface area contributed by atoms with E-state index in [1.165, 1.54) is 17.7 Å². The van der Waals surface area contributed by atoms with Crippen molar-refractivity contribution in [3.63, 3.8) is 0 Å². The highest BCUT2D eigenvalue weighted by molar-refractivity contribution is 7.10. The summed E-state index contributed by atoms with van der Waals surface area (Å²) in [6.07, 6.45) is 5.62. The molecular formula is C16H21N3S. The van der Waals surface area contributed by atoms with E-state index in [1.54, 1.807) is 0 Å². The molecule has 0 bridgehead atoms. The lowest BCUT2D eigenvalue weighted by molar-refractivity contribution is 0.763. The average molecular weight is 287 g/mol. The van der Waals surface area contributed by atoms with Crippen LogP contribution in [-0.2, 0) is 0 Å². The standard InChI is InChI=1S/C16H21N3S/c1-2-14(15-6-5-11-20-15)18-13-7-8-16(17-12-13)19-9-3-4-10-19/h5-8,11-12,14,18H,2-4,9-10H2,1H3. The predicted molar refractivity (Wildman–Crippen MR) is 86.7 cm³/mol. The topological polar surface area (TPSA) is 28.2 Å². The quantitative estimate of drug-likeness (QED) is 0.888. The Hall–Kier alpha value is -1.55. The molecule has 2 aromatic rings. The first-order chi connectivity index (χ1) is 9.86. The molecule has 1 aliphatic rings. The smallest absolute Gasteiger partial charge is 0.128 e. The molecule has 1 unspecified atom stereocenters. The summed E-state index contributed by atoms with van der Waals surface area (Å²) in [7, 11) is 0. The number of pyridine rings is 1. The largest absolute Gasteiger partial charge is 0.376 e. The van der Waals surface area contributed by atoms with Crippen LogP contribution in [0.4, 0.5) is 11.5 Å². The first-order valence-corrected chi connectivity index (χ1v) is 8.25. The summed E-state index contributed by atoms with van der Waals surface area (Å²) < 4.78 is 0. The van der Waals surface area contributed by atoms with Crippen LogP contribution in [0, 0.1) is 0 Å². The van der Waals surface area contributed by atoms with Gasteiger partial charge in [-0.3, -0.25) is 0 Å². The van der Waals surface area contributed by atoms with Crippen molar-refractivity contribution in [3.8, 4) is 0 Å². The van der Waals surface area contributed by atoms with Gasteiger partial charge in [-0.2, -0.15) is 0 Å². The second kappa shape index (κ2) is 6.27. The maximum atomic E-state index is 4.60.